The maximum absolute atomic E-state index is 12.6. The van der Waals surface area contributed by atoms with Crippen molar-refractivity contribution in [3.63, 3.8) is 0 Å². The van der Waals surface area contributed by atoms with E-state index in [1.165, 1.54) is 23.1 Å². The quantitative estimate of drug-likeness (QED) is 0.451. The van der Waals surface area contributed by atoms with Crippen LogP contribution in [0.1, 0.15) is 23.1 Å². The highest BCUT2D eigenvalue weighted by molar-refractivity contribution is 8.00. The second kappa shape index (κ2) is 8.70. The lowest BCUT2D eigenvalue weighted by Gasteiger charge is -2.12. The summed E-state index contributed by atoms with van der Waals surface area (Å²) in [5.41, 5.74) is 3.09. The van der Waals surface area contributed by atoms with Gasteiger partial charge in [0.15, 0.2) is 16.1 Å². The minimum absolute atomic E-state index is 0.107. The van der Waals surface area contributed by atoms with Crippen molar-refractivity contribution in [2.45, 2.75) is 44.6 Å². The van der Waals surface area contributed by atoms with E-state index in [-0.39, 0.29) is 11.2 Å². The van der Waals surface area contributed by atoms with Gasteiger partial charge in [-0.05, 0) is 33.8 Å². The number of thiazole rings is 1. The molecule has 0 saturated heterocycles. The van der Waals surface area contributed by atoms with E-state index in [0.29, 0.717) is 16.8 Å². The van der Waals surface area contributed by atoms with E-state index in [9.17, 15) is 4.79 Å². The molecule has 0 aliphatic carbocycles. The number of rotatable bonds is 7. The highest BCUT2D eigenvalue weighted by atomic mass is 32.2. The van der Waals surface area contributed by atoms with Gasteiger partial charge >= 0.3 is 0 Å². The summed E-state index contributed by atoms with van der Waals surface area (Å²) >= 11 is 2.86. The van der Waals surface area contributed by atoms with Crippen LogP contribution in [-0.2, 0) is 11.3 Å². The zero-order chi connectivity index (χ0) is 20.3. The van der Waals surface area contributed by atoms with Gasteiger partial charge in [-0.3, -0.25) is 9.36 Å². The number of aromatic nitrogens is 4. The van der Waals surface area contributed by atoms with E-state index in [2.05, 4.69) is 33.1 Å². The van der Waals surface area contributed by atoms with E-state index in [1.54, 1.807) is 6.08 Å². The van der Waals surface area contributed by atoms with E-state index in [4.69, 9.17) is 0 Å². The Labute approximate surface area is 173 Å². The molecular weight excluding hydrogens is 390 g/mol. The molecule has 1 atom stereocenters. The lowest BCUT2D eigenvalue weighted by molar-refractivity contribution is -0.115. The van der Waals surface area contributed by atoms with Gasteiger partial charge in [0.25, 0.3) is 0 Å². The Morgan fingerprint density at radius 3 is 2.79 bits per heavy atom. The van der Waals surface area contributed by atoms with Gasteiger partial charge in [-0.2, -0.15) is 0 Å². The number of anilines is 1. The number of carbonyl (C=O) groups is 1. The molecule has 1 N–H and O–H groups in total. The third kappa shape index (κ3) is 4.51. The molecule has 2 aromatic heterocycles. The first-order valence-corrected chi connectivity index (χ1v) is 10.6. The minimum Gasteiger partial charge on any atom is -0.301 e. The van der Waals surface area contributed by atoms with Crippen LogP contribution in [0.5, 0.6) is 0 Å². The van der Waals surface area contributed by atoms with Gasteiger partial charge in [0.2, 0.25) is 5.91 Å². The van der Waals surface area contributed by atoms with E-state index in [0.717, 1.165) is 27.5 Å². The zero-order valence-electron chi connectivity index (χ0n) is 16.4. The average Bonchev–Trinajstić information content (AvgIpc) is 3.18. The number of benzene rings is 1. The molecule has 1 amide bonds. The van der Waals surface area contributed by atoms with Crippen LogP contribution in [0.25, 0.3) is 11.4 Å². The number of aryl methyl sites for hydroxylation is 3. The number of amides is 1. The molecule has 0 aliphatic heterocycles. The number of nitrogens with zero attached hydrogens (tertiary/aromatic N) is 4. The van der Waals surface area contributed by atoms with Crippen molar-refractivity contribution < 1.29 is 4.79 Å². The molecular formula is C20H23N5OS2. The molecule has 1 aromatic carbocycles. The summed E-state index contributed by atoms with van der Waals surface area (Å²) in [5, 5.41) is 12.5. The van der Waals surface area contributed by atoms with Crippen molar-refractivity contribution in [3.8, 4) is 11.4 Å². The third-order valence-corrected chi connectivity index (χ3v) is 6.28. The molecule has 28 heavy (non-hydrogen) atoms. The summed E-state index contributed by atoms with van der Waals surface area (Å²) in [7, 11) is 0. The van der Waals surface area contributed by atoms with Crippen LogP contribution in [0.4, 0.5) is 5.13 Å². The summed E-state index contributed by atoms with van der Waals surface area (Å²) in [5.74, 6) is 0.661. The van der Waals surface area contributed by atoms with Crippen molar-refractivity contribution in [2.75, 3.05) is 5.32 Å². The average molecular weight is 414 g/mol. The first-order chi connectivity index (χ1) is 13.4. The summed E-state index contributed by atoms with van der Waals surface area (Å²) in [6.07, 6.45) is 1.80. The highest BCUT2D eigenvalue weighted by Crippen LogP contribution is 2.28. The van der Waals surface area contributed by atoms with Crippen molar-refractivity contribution in [1.82, 2.24) is 19.7 Å². The number of allylic oxidation sites excluding steroid dienone is 1. The molecule has 0 bridgehead atoms. The maximum Gasteiger partial charge on any atom is 0.239 e. The molecule has 0 aliphatic rings. The first-order valence-electron chi connectivity index (χ1n) is 8.91. The van der Waals surface area contributed by atoms with Crippen LogP contribution in [0.2, 0.25) is 0 Å². The van der Waals surface area contributed by atoms with Crippen molar-refractivity contribution in [2.24, 2.45) is 0 Å². The molecule has 3 rings (SSSR count). The third-order valence-electron chi connectivity index (χ3n) is 4.21. The molecule has 3 aromatic rings. The minimum atomic E-state index is -0.345. The maximum atomic E-state index is 12.6. The molecule has 6 nitrogen and oxygen atoms in total. The van der Waals surface area contributed by atoms with E-state index >= 15 is 0 Å². The van der Waals surface area contributed by atoms with E-state index < -0.39 is 0 Å². The van der Waals surface area contributed by atoms with Crippen LogP contribution < -0.4 is 5.32 Å². The number of hydrogen-bond acceptors (Lipinski definition) is 6. The van der Waals surface area contributed by atoms with Crippen LogP contribution in [0.15, 0.2) is 42.1 Å². The normalized spacial score (nSPS) is 12.0. The van der Waals surface area contributed by atoms with E-state index in [1.807, 2.05) is 50.5 Å². The Hall–Kier alpha value is -2.45. The molecule has 0 fully saturated rings. The molecule has 146 valence electrons. The number of hydrogen-bond donors (Lipinski definition) is 1. The Kier molecular flexibility index (Phi) is 6.31. The van der Waals surface area contributed by atoms with Gasteiger partial charge in [0.1, 0.15) is 0 Å². The Balaban J connectivity index is 1.79. The number of thioether (sulfide) groups is 1. The second-order valence-corrected chi connectivity index (χ2v) is 9.00. The topological polar surface area (TPSA) is 72.7 Å². The van der Waals surface area contributed by atoms with Crippen LogP contribution in [0, 0.1) is 20.8 Å². The van der Waals surface area contributed by atoms with Crippen molar-refractivity contribution >= 4 is 34.1 Å². The van der Waals surface area contributed by atoms with Gasteiger partial charge < -0.3 is 5.32 Å². The van der Waals surface area contributed by atoms with Crippen LogP contribution in [-0.4, -0.2) is 30.9 Å². The Morgan fingerprint density at radius 1 is 1.36 bits per heavy atom. The van der Waals surface area contributed by atoms with Crippen LogP contribution in [0.3, 0.4) is 0 Å². The second-order valence-electron chi connectivity index (χ2n) is 6.48. The molecule has 0 unspecified atom stereocenters. The monoisotopic (exact) mass is 413 g/mol. The lowest BCUT2D eigenvalue weighted by Crippen LogP contribution is -2.22. The Bertz CT molecular complexity index is 988. The predicted molar refractivity (Wildman–Crippen MR) is 116 cm³/mol. The molecule has 0 radical (unpaired) electrons. The van der Waals surface area contributed by atoms with Crippen molar-refractivity contribution in [3.05, 3.63) is 53.1 Å². The zero-order valence-corrected chi connectivity index (χ0v) is 18.0. The SMILES string of the molecule is C=CCn1c(S[C@@H](C)C(=O)Nc2nc(C)c(C)s2)nnc1-c1cccc(C)c1. The fourth-order valence-corrected chi connectivity index (χ4v) is 4.29. The highest BCUT2D eigenvalue weighted by Gasteiger charge is 2.21. The summed E-state index contributed by atoms with van der Waals surface area (Å²) < 4.78 is 1.98. The van der Waals surface area contributed by atoms with Crippen molar-refractivity contribution in [1.29, 1.82) is 0 Å². The molecule has 8 heteroatoms. The largest absolute Gasteiger partial charge is 0.301 e. The smallest absolute Gasteiger partial charge is 0.239 e. The number of nitrogens with one attached hydrogen (secondary N) is 1. The standard InChI is InChI=1S/C20H23N5OS2/c1-6-10-25-17(16-9-7-8-12(2)11-16)23-24-20(25)28-15(5)18(26)22-19-21-13(3)14(4)27-19/h6-9,11,15H,1,10H2,2-5H3,(H,21,22,26)/t15-/m0/s1. The fourth-order valence-electron chi connectivity index (χ4n) is 2.61. The lowest BCUT2D eigenvalue weighted by atomic mass is 10.1. The summed E-state index contributed by atoms with van der Waals surface area (Å²) in [6, 6.07) is 8.12. The fraction of sp³-hybridized carbons (Fsp3) is 0.300. The Morgan fingerprint density at radius 2 is 2.14 bits per heavy atom. The van der Waals surface area contributed by atoms with Gasteiger partial charge in [-0.15, -0.1) is 28.1 Å². The van der Waals surface area contributed by atoms with Gasteiger partial charge in [-0.1, -0.05) is 41.6 Å². The molecule has 0 spiro atoms. The van der Waals surface area contributed by atoms with Gasteiger partial charge in [0.05, 0.1) is 10.9 Å². The summed E-state index contributed by atoms with van der Waals surface area (Å²) in [6.45, 7) is 12.2. The predicted octanol–water partition coefficient (Wildman–Crippen LogP) is 4.63. The van der Waals surface area contributed by atoms with Crippen LogP contribution >= 0.6 is 23.1 Å². The molecule has 0 saturated carbocycles. The number of carbonyl (C=O) groups excluding carboxylic acids is 1. The summed E-state index contributed by atoms with van der Waals surface area (Å²) in [4.78, 5) is 18.1. The molecule has 2 heterocycles. The first kappa shape index (κ1) is 20.3. The van der Waals surface area contributed by atoms with Gasteiger partial charge in [0, 0.05) is 17.0 Å². The van der Waals surface area contributed by atoms with Gasteiger partial charge in [-0.25, -0.2) is 4.98 Å².